The molecule has 2 aliphatic heterocycles. The molecule has 2 atom stereocenters. The minimum absolute atomic E-state index is 0.0618. The Balaban J connectivity index is 1.95. The Bertz CT molecular complexity index is 309. The molecule has 82 valence electrons. The monoisotopic (exact) mass is 221 g/mol. The lowest BCUT2D eigenvalue weighted by atomic mass is 9.97. The lowest BCUT2D eigenvalue weighted by molar-refractivity contribution is -0.0123. The Hall–Kier alpha value is -0.170. The minimum Gasteiger partial charge on any atom is -0.396 e. The highest BCUT2D eigenvalue weighted by atomic mass is 32.2. The summed E-state index contributed by atoms with van der Waals surface area (Å²) in [6.45, 7) is 1.55. The zero-order valence-electron chi connectivity index (χ0n) is 7.83. The average Bonchev–Trinajstić information content (AvgIpc) is 2.23. The number of nitrogens with zero attached hydrogens (tertiary/aromatic N) is 1. The molecule has 0 radical (unpaired) electrons. The Kier molecular flexibility index (Phi) is 2.55. The highest BCUT2D eigenvalue weighted by Crippen LogP contribution is 2.25. The van der Waals surface area contributed by atoms with Crippen LogP contribution in [0.15, 0.2) is 0 Å². The van der Waals surface area contributed by atoms with E-state index in [1.54, 1.807) is 0 Å². The zero-order valence-corrected chi connectivity index (χ0v) is 8.65. The van der Waals surface area contributed by atoms with Crippen molar-refractivity contribution in [3.8, 4) is 0 Å². The van der Waals surface area contributed by atoms with Crippen molar-refractivity contribution < 1.29 is 18.6 Å². The second-order valence-corrected chi connectivity index (χ2v) is 6.37. The molecule has 2 unspecified atom stereocenters. The predicted octanol–water partition coefficient (Wildman–Crippen LogP) is -1.93. The molecule has 0 aliphatic carbocycles. The van der Waals surface area contributed by atoms with E-state index in [9.17, 15) is 13.5 Å². The molecule has 0 aromatic rings. The van der Waals surface area contributed by atoms with Gasteiger partial charge >= 0.3 is 0 Å². The van der Waals surface area contributed by atoms with E-state index in [0.717, 1.165) is 0 Å². The molecule has 0 aromatic heterocycles. The van der Waals surface area contributed by atoms with Gasteiger partial charge in [-0.3, -0.25) is 4.90 Å². The van der Waals surface area contributed by atoms with Crippen molar-refractivity contribution in [3.05, 3.63) is 0 Å². The maximum Gasteiger partial charge on any atom is 0.154 e. The number of rotatable bonds is 2. The number of hydrogen-bond donors (Lipinski definition) is 2. The first-order valence-corrected chi connectivity index (χ1v) is 6.57. The molecular weight excluding hydrogens is 206 g/mol. The molecule has 2 N–H and O–H groups in total. The maximum atomic E-state index is 11.2. The third kappa shape index (κ3) is 1.79. The predicted molar refractivity (Wildman–Crippen MR) is 50.6 cm³/mol. The lowest BCUT2D eigenvalue weighted by Crippen LogP contribution is -2.56. The number of likely N-dealkylation sites (tertiary alicyclic amines) is 1. The summed E-state index contributed by atoms with van der Waals surface area (Å²) in [5.74, 6) is 0.204. The summed E-state index contributed by atoms with van der Waals surface area (Å²) >= 11 is 0. The summed E-state index contributed by atoms with van der Waals surface area (Å²) in [4.78, 5) is 1.94. The van der Waals surface area contributed by atoms with E-state index in [0.29, 0.717) is 13.1 Å². The van der Waals surface area contributed by atoms with E-state index < -0.39 is 15.9 Å². The molecule has 0 aromatic carbocycles. The van der Waals surface area contributed by atoms with E-state index in [-0.39, 0.29) is 30.1 Å². The molecule has 0 amide bonds. The first-order chi connectivity index (χ1) is 6.52. The molecule has 5 nitrogen and oxygen atoms in total. The number of sulfone groups is 1. The molecule has 14 heavy (non-hydrogen) atoms. The van der Waals surface area contributed by atoms with Crippen molar-refractivity contribution in [2.45, 2.75) is 12.1 Å². The van der Waals surface area contributed by atoms with E-state index in [4.69, 9.17) is 5.11 Å². The van der Waals surface area contributed by atoms with E-state index in [2.05, 4.69) is 0 Å². The highest BCUT2D eigenvalue weighted by Gasteiger charge is 2.43. The Morgan fingerprint density at radius 3 is 2.36 bits per heavy atom. The van der Waals surface area contributed by atoms with Crippen LogP contribution in [0.2, 0.25) is 0 Å². The van der Waals surface area contributed by atoms with Crippen molar-refractivity contribution in [1.29, 1.82) is 0 Å². The number of hydrogen-bond acceptors (Lipinski definition) is 5. The van der Waals surface area contributed by atoms with Crippen LogP contribution in [0.4, 0.5) is 0 Å². The van der Waals surface area contributed by atoms with Gasteiger partial charge in [-0.15, -0.1) is 0 Å². The second kappa shape index (κ2) is 3.44. The molecular formula is C8H15NO4S. The fraction of sp³-hybridized carbons (Fsp3) is 1.00. The van der Waals surface area contributed by atoms with Crippen molar-refractivity contribution in [3.63, 3.8) is 0 Å². The molecule has 0 bridgehead atoms. The van der Waals surface area contributed by atoms with Crippen LogP contribution in [-0.2, 0) is 9.84 Å². The van der Waals surface area contributed by atoms with Crippen molar-refractivity contribution in [2.75, 3.05) is 31.2 Å². The third-order valence-corrected chi connectivity index (χ3v) is 4.70. The third-order valence-electron chi connectivity index (χ3n) is 3.01. The van der Waals surface area contributed by atoms with Gasteiger partial charge in [-0.25, -0.2) is 8.42 Å². The molecule has 2 rings (SSSR count). The Morgan fingerprint density at radius 2 is 1.93 bits per heavy atom. The largest absolute Gasteiger partial charge is 0.396 e. The summed E-state index contributed by atoms with van der Waals surface area (Å²) < 4.78 is 22.4. The van der Waals surface area contributed by atoms with Gasteiger partial charge in [-0.1, -0.05) is 0 Å². The van der Waals surface area contributed by atoms with Gasteiger partial charge in [0.15, 0.2) is 9.84 Å². The second-order valence-electron chi connectivity index (χ2n) is 4.21. The van der Waals surface area contributed by atoms with Gasteiger partial charge in [0.1, 0.15) is 0 Å². The summed E-state index contributed by atoms with van der Waals surface area (Å²) in [6, 6.07) is -0.247. The van der Waals surface area contributed by atoms with Gasteiger partial charge in [0.05, 0.1) is 23.7 Å². The maximum absolute atomic E-state index is 11.2. The molecule has 6 heteroatoms. The SMILES string of the molecule is O=S1(=O)CC(O)C(N2CC(CO)C2)C1. The summed E-state index contributed by atoms with van der Waals surface area (Å²) in [6.07, 6.45) is -0.750. The minimum atomic E-state index is -3.04. The topological polar surface area (TPSA) is 77.8 Å². The smallest absolute Gasteiger partial charge is 0.154 e. The van der Waals surface area contributed by atoms with Gasteiger partial charge in [0.2, 0.25) is 0 Å². The summed E-state index contributed by atoms with van der Waals surface area (Å²) in [5, 5.41) is 18.3. The first-order valence-electron chi connectivity index (χ1n) is 4.75. The molecule has 0 saturated carbocycles. The van der Waals surface area contributed by atoms with Crippen LogP contribution in [0.25, 0.3) is 0 Å². The van der Waals surface area contributed by atoms with Crippen LogP contribution in [0, 0.1) is 5.92 Å². The fourth-order valence-electron chi connectivity index (χ4n) is 2.16. The van der Waals surface area contributed by atoms with Crippen LogP contribution in [0.1, 0.15) is 0 Å². The van der Waals surface area contributed by atoms with Crippen LogP contribution in [0.3, 0.4) is 0 Å². The normalized spacial score (nSPS) is 38.4. The van der Waals surface area contributed by atoms with Crippen LogP contribution >= 0.6 is 0 Å². The van der Waals surface area contributed by atoms with Gasteiger partial charge < -0.3 is 10.2 Å². The van der Waals surface area contributed by atoms with E-state index in [1.165, 1.54) is 0 Å². The van der Waals surface area contributed by atoms with Crippen LogP contribution < -0.4 is 0 Å². The molecule has 2 saturated heterocycles. The van der Waals surface area contributed by atoms with Crippen molar-refractivity contribution >= 4 is 9.84 Å². The lowest BCUT2D eigenvalue weighted by Gasteiger charge is -2.42. The van der Waals surface area contributed by atoms with E-state index >= 15 is 0 Å². The van der Waals surface area contributed by atoms with Gasteiger partial charge in [-0.2, -0.15) is 0 Å². The zero-order chi connectivity index (χ0) is 10.3. The van der Waals surface area contributed by atoms with Crippen molar-refractivity contribution in [2.24, 2.45) is 5.92 Å². The molecule has 2 heterocycles. The number of aliphatic hydroxyl groups excluding tert-OH is 2. The van der Waals surface area contributed by atoms with Crippen LogP contribution in [0.5, 0.6) is 0 Å². The van der Waals surface area contributed by atoms with Crippen molar-refractivity contribution in [1.82, 2.24) is 4.90 Å². The number of aliphatic hydroxyl groups is 2. The Labute approximate surface area is 83.3 Å². The Morgan fingerprint density at radius 1 is 1.29 bits per heavy atom. The molecule has 0 spiro atoms. The highest BCUT2D eigenvalue weighted by molar-refractivity contribution is 7.91. The summed E-state index contributed by atoms with van der Waals surface area (Å²) in [5.41, 5.74) is 0. The standard InChI is InChI=1S/C8H15NO4S/c10-3-6-1-9(2-6)7-4-14(12,13)5-8(7)11/h6-8,10-11H,1-5H2. The fourth-order valence-corrected chi connectivity index (χ4v) is 3.99. The van der Waals surface area contributed by atoms with Gasteiger partial charge in [-0.05, 0) is 0 Å². The van der Waals surface area contributed by atoms with Crippen LogP contribution in [-0.4, -0.2) is 66.9 Å². The molecule has 2 fully saturated rings. The average molecular weight is 221 g/mol. The quantitative estimate of drug-likeness (QED) is 0.568. The summed E-state index contributed by atoms with van der Waals surface area (Å²) in [7, 11) is -3.04. The van der Waals surface area contributed by atoms with E-state index in [1.807, 2.05) is 4.90 Å². The van der Waals surface area contributed by atoms with Gasteiger partial charge in [0, 0.05) is 25.6 Å². The molecule has 2 aliphatic rings. The first kappa shape index (κ1) is 10.4. The van der Waals surface area contributed by atoms with Gasteiger partial charge in [0.25, 0.3) is 0 Å².